The molecule has 24 heavy (non-hydrogen) atoms. The van der Waals surface area contributed by atoms with E-state index in [1.165, 1.54) is 6.42 Å². The van der Waals surface area contributed by atoms with Crippen molar-refractivity contribution in [1.82, 2.24) is 14.9 Å². The minimum atomic E-state index is -0.107. The number of hydrogen-bond donors (Lipinski definition) is 1. The minimum Gasteiger partial charge on any atom is -0.314 e. The Kier molecular flexibility index (Phi) is 4.08. The summed E-state index contributed by atoms with van der Waals surface area (Å²) in [6, 6.07) is 15.4. The molecule has 4 nitrogen and oxygen atoms in total. The lowest BCUT2D eigenvalue weighted by Crippen LogP contribution is -2.30. The Morgan fingerprint density at radius 1 is 1.17 bits per heavy atom. The summed E-state index contributed by atoms with van der Waals surface area (Å²) in [4.78, 5) is 17.9. The fraction of sp³-hybridized carbons (Fsp3) is 0.263. The lowest BCUT2D eigenvalue weighted by molar-refractivity contribution is 0.575. The second kappa shape index (κ2) is 6.38. The molecule has 4 rings (SSSR count). The maximum absolute atomic E-state index is 13.2. The summed E-state index contributed by atoms with van der Waals surface area (Å²) in [5.74, 6) is 0.778. The Morgan fingerprint density at radius 2 is 2.00 bits per heavy atom. The molecular weight excluding hydrogens is 322 g/mol. The van der Waals surface area contributed by atoms with Gasteiger partial charge in [-0.1, -0.05) is 35.9 Å². The second-order valence-electron chi connectivity index (χ2n) is 6.14. The molecule has 0 aliphatic carbocycles. The molecule has 1 aliphatic heterocycles. The van der Waals surface area contributed by atoms with E-state index in [-0.39, 0.29) is 5.56 Å². The summed E-state index contributed by atoms with van der Waals surface area (Å²) < 4.78 is 1.70. The van der Waals surface area contributed by atoms with Crippen LogP contribution in [0, 0.1) is 0 Å². The lowest BCUT2D eigenvalue weighted by Gasteiger charge is -2.17. The van der Waals surface area contributed by atoms with Gasteiger partial charge in [0.1, 0.15) is 5.82 Å². The van der Waals surface area contributed by atoms with E-state index >= 15 is 0 Å². The molecule has 2 aromatic carbocycles. The Bertz CT molecular complexity index is 930. The van der Waals surface area contributed by atoms with Crippen molar-refractivity contribution in [2.45, 2.75) is 25.3 Å². The highest BCUT2D eigenvalue weighted by Crippen LogP contribution is 2.21. The van der Waals surface area contributed by atoms with Crippen LogP contribution in [0.2, 0.25) is 5.02 Å². The van der Waals surface area contributed by atoms with Crippen molar-refractivity contribution >= 4 is 22.5 Å². The van der Waals surface area contributed by atoms with Crippen LogP contribution in [0.5, 0.6) is 0 Å². The van der Waals surface area contributed by atoms with Gasteiger partial charge in [-0.2, -0.15) is 0 Å². The van der Waals surface area contributed by atoms with E-state index in [0.717, 1.165) is 30.9 Å². The molecule has 0 spiro atoms. The Hall–Kier alpha value is -2.17. The maximum atomic E-state index is 13.2. The molecule has 0 radical (unpaired) electrons. The van der Waals surface area contributed by atoms with Gasteiger partial charge in [0.25, 0.3) is 5.56 Å². The van der Waals surface area contributed by atoms with E-state index < -0.39 is 0 Å². The molecule has 1 aromatic heterocycles. The number of hydrogen-bond acceptors (Lipinski definition) is 3. The normalized spacial score (nSPS) is 17.5. The molecule has 5 heteroatoms. The van der Waals surface area contributed by atoms with Crippen LogP contribution in [0.4, 0.5) is 0 Å². The van der Waals surface area contributed by atoms with E-state index in [4.69, 9.17) is 16.6 Å². The van der Waals surface area contributed by atoms with Gasteiger partial charge in [0.2, 0.25) is 0 Å². The zero-order valence-corrected chi connectivity index (χ0v) is 14.0. The number of rotatable bonds is 3. The molecule has 1 atom stereocenters. The smallest absolute Gasteiger partial charge is 0.267 e. The van der Waals surface area contributed by atoms with Crippen LogP contribution in [0.25, 0.3) is 16.6 Å². The summed E-state index contributed by atoms with van der Waals surface area (Å²) in [6.45, 7) is 1.03. The molecule has 122 valence electrons. The number of fused-ring (bicyclic) bond motifs is 1. The predicted molar refractivity (Wildman–Crippen MR) is 97.1 cm³/mol. The standard InChI is InChI=1S/C19H18ClN3O/c20-15-9-4-10-16-18(15)19(24)23(14-7-2-1-3-8-14)17(22-16)12-13-6-5-11-21-13/h1-4,7-10,13,21H,5-6,11-12H2/t13-/m0/s1. The zero-order chi connectivity index (χ0) is 16.5. The highest BCUT2D eigenvalue weighted by Gasteiger charge is 2.20. The molecule has 0 saturated carbocycles. The fourth-order valence-electron chi connectivity index (χ4n) is 3.37. The van der Waals surface area contributed by atoms with E-state index in [9.17, 15) is 4.79 Å². The van der Waals surface area contributed by atoms with Gasteiger partial charge in [0, 0.05) is 12.5 Å². The number of aromatic nitrogens is 2. The van der Waals surface area contributed by atoms with Gasteiger partial charge in [-0.05, 0) is 43.7 Å². The summed E-state index contributed by atoms with van der Waals surface area (Å²) in [7, 11) is 0. The van der Waals surface area contributed by atoms with Gasteiger partial charge in [-0.25, -0.2) is 4.98 Å². The molecule has 1 N–H and O–H groups in total. The number of benzene rings is 2. The zero-order valence-electron chi connectivity index (χ0n) is 13.2. The van der Waals surface area contributed by atoms with Crippen molar-refractivity contribution in [3.63, 3.8) is 0 Å². The monoisotopic (exact) mass is 339 g/mol. The van der Waals surface area contributed by atoms with Crippen LogP contribution in [0.15, 0.2) is 53.3 Å². The van der Waals surface area contributed by atoms with Gasteiger partial charge >= 0.3 is 0 Å². The van der Waals surface area contributed by atoms with E-state index in [0.29, 0.717) is 22.0 Å². The topological polar surface area (TPSA) is 46.9 Å². The summed E-state index contributed by atoms with van der Waals surface area (Å²) in [5.41, 5.74) is 1.38. The average Bonchev–Trinajstić information content (AvgIpc) is 3.09. The van der Waals surface area contributed by atoms with Crippen LogP contribution in [-0.4, -0.2) is 22.1 Å². The molecule has 0 unspecified atom stereocenters. The minimum absolute atomic E-state index is 0.107. The van der Waals surface area contributed by atoms with Crippen molar-refractivity contribution < 1.29 is 0 Å². The van der Waals surface area contributed by atoms with Crippen LogP contribution in [-0.2, 0) is 6.42 Å². The third-order valence-corrected chi connectivity index (χ3v) is 4.84. The van der Waals surface area contributed by atoms with Crippen molar-refractivity contribution in [2.24, 2.45) is 0 Å². The first kappa shape index (κ1) is 15.4. The third-order valence-electron chi connectivity index (χ3n) is 4.52. The first-order valence-corrected chi connectivity index (χ1v) is 8.61. The second-order valence-corrected chi connectivity index (χ2v) is 6.54. The molecule has 2 heterocycles. The summed E-state index contributed by atoms with van der Waals surface area (Å²) in [5, 5.41) is 4.40. The molecule has 1 aliphatic rings. The van der Waals surface area contributed by atoms with Crippen LogP contribution in [0.3, 0.4) is 0 Å². The van der Waals surface area contributed by atoms with Crippen LogP contribution in [0.1, 0.15) is 18.7 Å². The summed E-state index contributed by atoms with van der Waals surface area (Å²) >= 11 is 6.28. The van der Waals surface area contributed by atoms with Crippen molar-refractivity contribution in [2.75, 3.05) is 6.54 Å². The maximum Gasteiger partial charge on any atom is 0.267 e. The number of para-hydroxylation sites is 1. The molecular formula is C19H18ClN3O. The third kappa shape index (κ3) is 2.72. The first-order valence-electron chi connectivity index (χ1n) is 8.23. The van der Waals surface area contributed by atoms with Crippen LogP contribution < -0.4 is 10.9 Å². The Labute approximate surface area is 145 Å². The van der Waals surface area contributed by atoms with E-state index in [1.807, 2.05) is 42.5 Å². The molecule has 1 saturated heterocycles. The van der Waals surface area contributed by atoms with E-state index in [1.54, 1.807) is 10.6 Å². The molecule has 0 bridgehead atoms. The van der Waals surface area contributed by atoms with Gasteiger partial charge < -0.3 is 5.32 Å². The fourth-order valence-corrected chi connectivity index (χ4v) is 3.62. The van der Waals surface area contributed by atoms with Crippen molar-refractivity contribution in [3.8, 4) is 5.69 Å². The summed E-state index contributed by atoms with van der Waals surface area (Å²) in [6.07, 6.45) is 3.00. The van der Waals surface area contributed by atoms with Crippen molar-refractivity contribution in [1.29, 1.82) is 0 Å². The highest BCUT2D eigenvalue weighted by molar-refractivity contribution is 6.35. The predicted octanol–water partition coefficient (Wildman–Crippen LogP) is 3.33. The van der Waals surface area contributed by atoms with E-state index in [2.05, 4.69) is 5.32 Å². The lowest BCUT2D eigenvalue weighted by atomic mass is 10.1. The first-order chi connectivity index (χ1) is 11.7. The van der Waals surface area contributed by atoms with Gasteiger partial charge in [-0.15, -0.1) is 0 Å². The SMILES string of the molecule is O=c1c2c(Cl)cccc2nc(C[C@@H]2CCCN2)n1-c1ccccc1. The van der Waals surface area contributed by atoms with Crippen LogP contribution >= 0.6 is 11.6 Å². The molecule has 1 fully saturated rings. The Balaban J connectivity index is 1.96. The molecule has 3 aromatic rings. The highest BCUT2D eigenvalue weighted by atomic mass is 35.5. The van der Waals surface area contributed by atoms with Gasteiger partial charge in [0.15, 0.2) is 0 Å². The average molecular weight is 340 g/mol. The number of nitrogens with zero attached hydrogens (tertiary/aromatic N) is 2. The van der Waals surface area contributed by atoms with Gasteiger partial charge in [-0.3, -0.25) is 9.36 Å². The largest absolute Gasteiger partial charge is 0.314 e. The number of halogens is 1. The molecule has 0 amide bonds. The van der Waals surface area contributed by atoms with Crippen molar-refractivity contribution in [3.05, 3.63) is 69.7 Å². The Morgan fingerprint density at radius 3 is 2.75 bits per heavy atom. The van der Waals surface area contributed by atoms with Gasteiger partial charge in [0.05, 0.1) is 21.6 Å². The quantitative estimate of drug-likeness (QED) is 0.796. The number of nitrogens with one attached hydrogen (secondary N) is 1.